The van der Waals surface area contributed by atoms with Crippen molar-refractivity contribution >= 4 is 35.6 Å². The van der Waals surface area contributed by atoms with Crippen LogP contribution in [0, 0.1) is 11.8 Å². The third-order valence-corrected chi connectivity index (χ3v) is 4.50. The minimum Gasteiger partial charge on any atom is -0.481 e. The van der Waals surface area contributed by atoms with Crippen molar-refractivity contribution in [3.05, 3.63) is 0 Å². The first-order chi connectivity index (χ1) is 14.7. The zero-order valence-corrected chi connectivity index (χ0v) is 18.5. The van der Waals surface area contributed by atoms with Crippen molar-refractivity contribution in [2.24, 2.45) is 17.6 Å². The molecule has 13 heteroatoms. The van der Waals surface area contributed by atoms with Gasteiger partial charge in [-0.05, 0) is 18.3 Å². The lowest BCUT2D eigenvalue weighted by Gasteiger charge is -2.27. The molecule has 0 heterocycles. The monoisotopic (exact) mass is 460 g/mol. The van der Waals surface area contributed by atoms with E-state index in [0.717, 1.165) is 0 Å². The maximum absolute atomic E-state index is 12.7. The predicted octanol–water partition coefficient (Wildman–Crippen LogP) is -1.50. The maximum atomic E-state index is 12.7. The summed E-state index contributed by atoms with van der Waals surface area (Å²) in [5, 5.41) is 33.8. The average molecular weight is 460 g/mol. The van der Waals surface area contributed by atoms with Crippen LogP contribution in [0.1, 0.15) is 47.0 Å². The molecule has 13 nitrogen and oxygen atoms in total. The van der Waals surface area contributed by atoms with Gasteiger partial charge in [0.1, 0.15) is 18.1 Å². The second-order valence-electron chi connectivity index (χ2n) is 8.00. The van der Waals surface area contributed by atoms with Crippen LogP contribution in [0.3, 0.4) is 0 Å². The molecular formula is C19H32N4O9. The van der Waals surface area contributed by atoms with Crippen LogP contribution >= 0.6 is 0 Å². The lowest BCUT2D eigenvalue weighted by molar-refractivity contribution is -0.144. The number of carbonyl (C=O) groups excluding carboxylic acids is 3. The number of carboxylic acid groups (broad SMARTS) is 3. The molecule has 0 aliphatic rings. The molecule has 182 valence electrons. The molecule has 0 fully saturated rings. The molecule has 0 spiro atoms. The van der Waals surface area contributed by atoms with Gasteiger partial charge in [-0.3, -0.25) is 24.0 Å². The van der Waals surface area contributed by atoms with Crippen LogP contribution < -0.4 is 21.7 Å². The normalized spacial score (nSPS) is 14.7. The molecule has 0 aromatic carbocycles. The summed E-state index contributed by atoms with van der Waals surface area (Å²) in [5.41, 5.74) is 5.58. The molecule has 0 radical (unpaired) electrons. The number of hydrogen-bond acceptors (Lipinski definition) is 7. The Kier molecular flexibility index (Phi) is 11.9. The summed E-state index contributed by atoms with van der Waals surface area (Å²) in [4.78, 5) is 70.5. The molecule has 0 saturated heterocycles. The summed E-state index contributed by atoms with van der Waals surface area (Å²) >= 11 is 0. The molecule has 0 saturated carbocycles. The summed E-state index contributed by atoms with van der Waals surface area (Å²) in [7, 11) is 0. The van der Waals surface area contributed by atoms with Crippen LogP contribution in [0.5, 0.6) is 0 Å². The first-order valence-corrected chi connectivity index (χ1v) is 10.00. The summed E-state index contributed by atoms with van der Waals surface area (Å²) in [6, 6.07) is -5.30. The van der Waals surface area contributed by atoms with E-state index in [-0.39, 0.29) is 6.42 Å². The number of nitrogens with two attached hydrogens (primary N) is 1. The topological polar surface area (TPSA) is 225 Å². The highest BCUT2D eigenvalue weighted by atomic mass is 16.4. The molecule has 4 atom stereocenters. The highest BCUT2D eigenvalue weighted by Gasteiger charge is 2.33. The number of nitrogens with one attached hydrogen (secondary N) is 3. The van der Waals surface area contributed by atoms with E-state index >= 15 is 0 Å². The van der Waals surface area contributed by atoms with Crippen LogP contribution in [0.15, 0.2) is 0 Å². The van der Waals surface area contributed by atoms with E-state index in [2.05, 4.69) is 16.0 Å². The first-order valence-electron chi connectivity index (χ1n) is 10.00. The minimum atomic E-state index is -1.59. The average Bonchev–Trinajstić information content (AvgIpc) is 2.65. The Morgan fingerprint density at radius 2 is 1.22 bits per heavy atom. The molecule has 0 aliphatic heterocycles. The van der Waals surface area contributed by atoms with Crippen LogP contribution in [0.4, 0.5) is 0 Å². The SMILES string of the molecule is CC(C)C(NC(=O)C(NC(=O)C(CC(=O)O)NC(=O)C(N)CCC(=O)O)C(C)C)C(=O)O. The number of amides is 3. The second kappa shape index (κ2) is 13.2. The fourth-order valence-corrected chi connectivity index (χ4v) is 2.62. The standard InChI is InChI=1S/C19H32N4O9/c1-8(2)14(18(30)23-15(9(3)4)19(31)32)22-17(29)11(7-13(26)27)21-16(28)10(20)5-6-12(24)25/h8-11,14-15H,5-7,20H2,1-4H3,(H,21,28)(H,22,29)(H,23,30)(H,24,25)(H,26,27)(H,31,32). The minimum absolute atomic E-state index is 0.231. The van der Waals surface area contributed by atoms with E-state index in [9.17, 15) is 33.9 Å². The van der Waals surface area contributed by atoms with Gasteiger partial charge in [0, 0.05) is 6.42 Å². The van der Waals surface area contributed by atoms with Gasteiger partial charge >= 0.3 is 17.9 Å². The fourth-order valence-electron chi connectivity index (χ4n) is 2.62. The third-order valence-electron chi connectivity index (χ3n) is 4.50. The molecule has 3 amide bonds. The fraction of sp³-hybridized carbons (Fsp3) is 0.684. The summed E-state index contributed by atoms with van der Waals surface area (Å²) in [6.45, 7) is 6.35. The van der Waals surface area contributed by atoms with Crippen LogP contribution in [0.2, 0.25) is 0 Å². The van der Waals surface area contributed by atoms with Crippen molar-refractivity contribution in [1.29, 1.82) is 0 Å². The van der Waals surface area contributed by atoms with Crippen LogP contribution in [-0.2, 0) is 28.8 Å². The maximum Gasteiger partial charge on any atom is 0.326 e. The van der Waals surface area contributed by atoms with Crippen molar-refractivity contribution in [3.8, 4) is 0 Å². The van der Waals surface area contributed by atoms with Crippen molar-refractivity contribution in [1.82, 2.24) is 16.0 Å². The van der Waals surface area contributed by atoms with Gasteiger partial charge in [-0.2, -0.15) is 0 Å². The van der Waals surface area contributed by atoms with Crippen molar-refractivity contribution < 1.29 is 44.1 Å². The second-order valence-corrected chi connectivity index (χ2v) is 8.00. The van der Waals surface area contributed by atoms with Crippen molar-refractivity contribution in [2.45, 2.75) is 71.1 Å². The molecule has 0 aromatic rings. The highest BCUT2D eigenvalue weighted by molar-refractivity contribution is 5.95. The zero-order chi connectivity index (χ0) is 25.2. The Hall–Kier alpha value is -3.22. The van der Waals surface area contributed by atoms with Gasteiger partial charge in [0.25, 0.3) is 0 Å². The lowest BCUT2D eigenvalue weighted by atomic mass is 9.99. The molecule has 0 bridgehead atoms. The van der Waals surface area contributed by atoms with E-state index in [1.807, 2.05) is 0 Å². The lowest BCUT2D eigenvalue weighted by Crippen LogP contribution is -2.59. The largest absolute Gasteiger partial charge is 0.481 e. The summed E-state index contributed by atoms with van der Waals surface area (Å²) in [5.74, 6) is -7.49. The predicted molar refractivity (Wildman–Crippen MR) is 110 cm³/mol. The number of aliphatic carboxylic acids is 3. The molecule has 0 rings (SSSR count). The number of rotatable bonds is 14. The Labute approximate surface area is 185 Å². The van der Waals surface area contributed by atoms with Gasteiger partial charge in [-0.25, -0.2) is 4.79 Å². The van der Waals surface area contributed by atoms with E-state index in [1.165, 1.54) is 0 Å². The smallest absolute Gasteiger partial charge is 0.326 e. The van der Waals surface area contributed by atoms with E-state index in [1.54, 1.807) is 27.7 Å². The molecule has 0 aromatic heterocycles. The van der Waals surface area contributed by atoms with E-state index in [0.29, 0.717) is 0 Å². The van der Waals surface area contributed by atoms with E-state index < -0.39 is 84.5 Å². The van der Waals surface area contributed by atoms with Gasteiger partial charge in [-0.15, -0.1) is 0 Å². The first kappa shape index (κ1) is 28.8. The number of hydrogen-bond donors (Lipinski definition) is 7. The Balaban J connectivity index is 5.41. The van der Waals surface area contributed by atoms with Gasteiger partial charge in [0.2, 0.25) is 17.7 Å². The van der Waals surface area contributed by atoms with Gasteiger partial charge in [0.05, 0.1) is 12.5 Å². The van der Waals surface area contributed by atoms with Crippen molar-refractivity contribution in [2.75, 3.05) is 0 Å². The highest BCUT2D eigenvalue weighted by Crippen LogP contribution is 2.08. The third kappa shape index (κ3) is 10.2. The molecule has 8 N–H and O–H groups in total. The van der Waals surface area contributed by atoms with Crippen LogP contribution in [0.25, 0.3) is 0 Å². The summed E-state index contributed by atoms with van der Waals surface area (Å²) < 4.78 is 0. The molecular weight excluding hydrogens is 428 g/mol. The molecule has 32 heavy (non-hydrogen) atoms. The zero-order valence-electron chi connectivity index (χ0n) is 18.5. The van der Waals surface area contributed by atoms with Gasteiger partial charge in [0.15, 0.2) is 0 Å². The Morgan fingerprint density at radius 1 is 0.719 bits per heavy atom. The number of carboxylic acids is 3. The molecule has 0 aliphatic carbocycles. The van der Waals surface area contributed by atoms with Crippen LogP contribution in [-0.4, -0.2) is 75.1 Å². The number of carbonyl (C=O) groups is 6. The Morgan fingerprint density at radius 3 is 1.62 bits per heavy atom. The van der Waals surface area contributed by atoms with Crippen molar-refractivity contribution in [3.63, 3.8) is 0 Å². The van der Waals surface area contributed by atoms with Gasteiger partial charge in [-0.1, -0.05) is 27.7 Å². The molecule has 4 unspecified atom stereocenters. The van der Waals surface area contributed by atoms with Gasteiger partial charge < -0.3 is 37.0 Å². The summed E-state index contributed by atoms with van der Waals surface area (Å²) in [6.07, 6.45) is -1.45. The Bertz CT molecular complexity index is 724. The quantitative estimate of drug-likeness (QED) is 0.159. The van der Waals surface area contributed by atoms with E-state index in [4.69, 9.17) is 15.9 Å².